The molecule has 0 aliphatic heterocycles. The molecule has 2 aromatic heterocycles. The van der Waals surface area contributed by atoms with E-state index in [1.54, 1.807) is 6.20 Å². The number of hydrogen-bond donors (Lipinski definition) is 1. The molecule has 0 bridgehead atoms. The van der Waals surface area contributed by atoms with Crippen molar-refractivity contribution in [1.29, 1.82) is 0 Å². The number of rotatable bonds is 4. The molecular weight excluding hydrogens is 365 g/mol. The number of nitrogens with zero attached hydrogens (tertiary/aromatic N) is 3. The van der Waals surface area contributed by atoms with Crippen molar-refractivity contribution in [2.24, 2.45) is 0 Å². The van der Waals surface area contributed by atoms with Gasteiger partial charge in [0.05, 0.1) is 18.1 Å². The van der Waals surface area contributed by atoms with Crippen molar-refractivity contribution in [3.05, 3.63) is 23.9 Å². The zero-order chi connectivity index (χ0) is 18.3. The summed E-state index contributed by atoms with van der Waals surface area (Å²) in [5.74, 6) is -0.900. The van der Waals surface area contributed by atoms with Crippen LogP contribution < -0.4 is 10.2 Å². The molecule has 0 unspecified atom stereocenters. The molecule has 2 heterocycles. The Balaban J connectivity index is 0.000000495. The number of anilines is 2. The van der Waals surface area contributed by atoms with E-state index in [0.29, 0.717) is 4.90 Å². The Morgan fingerprint density at radius 3 is 2.08 bits per heavy atom. The summed E-state index contributed by atoms with van der Waals surface area (Å²) in [6.07, 6.45) is -2.12. The van der Waals surface area contributed by atoms with Crippen LogP contribution in [0, 0.1) is 13.8 Å². The first kappa shape index (κ1) is 22.8. The zero-order valence-corrected chi connectivity index (χ0v) is 15.0. The maximum absolute atomic E-state index is 12.2. The van der Waals surface area contributed by atoms with Gasteiger partial charge in [-0.2, -0.15) is 13.2 Å². The van der Waals surface area contributed by atoms with E-state index in [4.69, 9.17) is 4.52 Å². The average Bonchev–Trinajstić information content (AvgIpc) is 3.10. The fourth-order valence-electron chi connectivity index (χ4n) is 1.79. The van der Waals surface area contributed by atoms with Gasteiger partial charge in [-0.1, -0.05) is 10.3 Å². The third kappa shape index (κ3) is 6.29. The summed E-state index contributed by atoms with van der Waals surface area (Å²) in [4.78, 5) is 11.6. The van der Waals surface area contributed by atoms with Crippen LogP contribution in [0.4, 0.5) is 24.5 Å². The zero-order valence-electron chi connectivity index (χ0n) is 14.2. The van der Waals surface area contributed by atoms with Gasteiger partial charge in [0.15, 0.2) is 11.5 Å². The molecule has 0 saturated heterocycles. The second-order valence-electron chi connectivity index (χ2n) is 4.64. The second kappa shape index (κ2) is 9.92. The lowest BCUT2D eigenvalue weighted by molar-refractivity contribution is -0.170. The average molecular weight is 385 g/mol. The Morgan fingerprint density at radius 1 is 1.16 bits per heavy atom. The largest absolute Gasteiger partial charge is 0.471 e. The number of carbonyl (C=O) groups is 1. The van der Waals surface area contributed by atoms with Gasteiger partial charge in [-0.25, -0.2) is 0 Å². The predicted octanol–water partition coefficient (Wildman–Crippen LogP) is 3.73. The minimum Gasteiger partial charge on any atom is -0.381 e. The molecule has 1 N–H and O–H groups in total. The molecular formula is C14H20ClF3N4O3. The van der Waals surface area contributed by atoms with Crippen LogP contribution in [-0.2, 0) is 4.79 Å². The first-order valence-corrected chi connectivity index (χ1v) is 7.17. The van der Waals surface area contributed by atoms with Gasteiger partial charge in [-0.05, 0) is 27.7 Å². The number of aromatic nitrogens is 2. The van der Waals surface area contributed by atoms with E-state index < -0.39 is 12.1 Å². The lowest BCUT2D eigenvalue weighted by Crippen LogP contribution is -2.41. The van der Waals surface area contributed by atoms with Crippen molar-refractivity contribution < 1.29 is 27.0 Å². The Morgan fingerprint density at radius 2 is 1.72 bits per heavy atom. The Bertz CT molecular complexity index is 658. The molecule has 2 rings (SSSR count). The van der Waals surface area contributed by atoms with Gasteiger partial charge in [0, 0.05) is 13.1 Å². The van der Waals surface area contributed by atoms with E-state index in [1.165, 1.54) is 13.8 Å². The quantitative estimate of drug-likeness (QED) is 0.864. The molecule has 142 valence electrons. The summed E-state index contributed by atoms with van der Waals surface area (Å²) in [5, 5.41) is 10.0. The van der Waals surface area contributed by atoms with E-state index in [2.05, 4.69) is 20.2 Å². The third-order valence-electron chi connectivity index (χ3n) is 2.94. The Labute approximate surface area is 148 Å². The molecule has 11 heteroatoms. The van der Waals surface area contributed by atoms with Gasteiger partial charge in [0.1, 0.15) is 5.69 Å². The van der Waals surface area contributed by atoms with Crippen LogP contribution in [0.2, 0.25) is 0 Å². The molecule has 0 spiro atoms. The van der Waals surface area contributed by atoms with Gasteiger partial charge < -0.3 is 19.3 Å². The van der Waals surface area contributed by atoms with Crippen LogP contribution in [0.1, 0.15) is 25.4 Å². The SMILES string of the molecule is CCN(C(=O)C(F)(F)F)c1cnoc1C.CCNc1cnoc1C.Cl. The summed E-state index contributed by atoms with van der Waals surface area (Å²) < 4.78 is 45.9. The smallest absolute Gasteiger partial charge is 0.381 e. The molecule has 7 nitrogen and oxygen atoms in total. The molecule has 0 saturated carbocycles. The van der Waals surface area contributed by atoms with E-state index >= 15 is 0 Å². The van der Waals surface area contributed by atoms with Crippen molar-refractivity contribution in [1.82, 2.24) is 10.3 Å². The van der Waals surface area contributed by atoms with E-state index in [1.807, 2.05) is 13.8 Å². The van der Waals surface area contributed by atoms with Crippen LogP contribution in [0.3, 0.4) is 0 Å². The van der Waals surface area contributed by atoms with Crippen molar-refractivity contribution in [2.45, 2.75) is 33.9 Å². The van der Waals surface area contributed by atoms with Crippen molar-refractivity contribution in [3.63, 3.8) is 0 Å². The fourth-order valence-corrected chi connectivity index (χ4v) is 1.79. The second-order valence-corrected chi connectivity index (χ2v) is 4.64. The van der Waals surface area contributed by atoms with Gasteiger partial charge in [0.2, 0.25) is 0 Å². The fraction of sp³-hybridized carbons (Fsp3) is 0.500. The third-order valence-corrected chi connectivity index (χ3v) is 2.94. The number of hydrogen-bond acceptors (Lipinski definition) is 6. The molecule has 0 aromatic carbocycles. The number of alkyl halides is 3. The molecule has 0 fully saturated rings. The number of aryl methyl sites for hydroxylation is 2. The van der Waals surface area contributed by atoms with Crippen LogP contribution in [-0.4, -0.2) is 35.5 Å². The summed E-state index contributed by atoms with van der Waals surface area (Å²) >= 11 is 0. The standard InChI is InChI=1S/C8H9F3N2O2.C6H10N2O.ClH/c1-3-13(7(14)8(9,10)11)6-4-12-15-5(6)2;1-3-7-6-4-8-9-5(6)2;/h4H,3H2,1-2H3;4,7H,3H2,1-2H3;1H. The van der Waals surface area contributed by atoms with E-state index in [0.717, 1.165) is 24.2 Å². The van der Waals surface area contributed by atoms with Crippen LogP contribution in [0.15, 0.2) is 21.4 Å². The van der Waals surface area contributed by atoms with Gasteiger partial charge in [-0.3, -0.25) is 4.79 Å². The highest BCUT2D eigenvalue weighted by Gasteiger charge is 2.43. The summed E-state index contributed by atoms with van der Waals surface area (Å²) in [6.45, 7) is 7.60. The lowest BCUT2D eigenvalue weighted by Gasteiger charge is -2.20. The maximum atomic E-state index is 12.2. The molecule has 0 aliphatic rings. The normalized spacial score (nSPS) is 10.4. The molecule has 0 aliphatic carbocycles. The van der Waals surface area contributed by atoms with Crippen molar-refractivity contribution in [3.8, 4) is 0 Å². The highest BCUT2D eigenvalue weighted by molar-refractivity contribution is 5.97. The monoisotopic (exact) mass is 384 g/mol. The first-order chi connectivity index (χ1) is 11.2. The van der Waals surface area contributed by atoms with Crippen LogP contribution in [0.25, 0.3) is 0 Å². The summed E-state index contributed by atoms with van der Waals surface area (Å²) in [6, 6.07) is 0. The maximum Gasteiger partial charge on any atom is 0.471 e. The highest BCUT2D eigenvalue weighted by Crippen LogP contribution is 2.25. The van der Waals surface area contributed by atoms with Gasteiger partial charge in [0.25, 0.3) is 0 Å². The topological polar surface area (TPSA) is 84.4 Å². The number of nitrogens with one attached hydrogen (secondary N) is 1. The minimum absolute atomic E-state index is 0. The molecule has 25 heavy (non-hydrogen) atoms. The molecule has 0 radical (unpaired) electrons. The number of halogens is 4. The van der Waals surface area contributed by atoms with E-state index in [9.17, 15) is 18.0 Å². The van der Waals surface area contributed by atoms with Crippen molar-refractivity contribution >= 4 is 29.7 Å². The van der Waals surface area contributed by atoms with Crippen LogP contribution >= 0.6 is 12.4 Å². The van der Waals surface area contributed by atoms with Gasteiger partial charge in [-0.15, -0.1) is 12.4 Å². The minimum atomic E-state index is -4.89. The predicted molar refractivity (Wildman–Crippen MR) is 88.0 cm³/mol. The summed E-state index contributed by atoms with van der Waals surface area (Å²) in [7, 11) is 0. The first-order valence-electron chi connectivity index (χ1n) is 7.17. The van der Waals surface area contributed by atoms with Crippen molar-refractivity contribution in [2.75, 3.05) is 23.3 Å². The summed E-state index contributed by atoms with van der Waals surface area (Å²) in [5.41, 5.74) is 1.03. The molecule has 2 aromatic rings. The Hall–Kier alpha value is -2.23. The van der Waals surface area contributed by atoms with Gasteiger partial charge >= 0.3 is 12.1 Å². The number of amides is 1. The number of carbonyl (C=O) groups excluding carboxylic acids is 1. The van der Waals surface area contributed by atoms with Crippen LogP contribution in [0.5, 0.6) is 0 Å². The molecule has 0 atom stereocenters. The lowest BCUT2D eigenvalue weighted by atomic mass is 10.3. The molecule has 1 amide bonds. The Kier molecular flexibility index (Phi) is 9.03. The van der Waals surface area contributed by atoms with E-state index in [-0.39, 0.29) is 30.4 Å². The highest BCUT2D eigenvalue weighted by atomic mass is 35.5.